The molecule has 1 amide bonds. The molecule has 0 bridgehead atoms. The second-order valence-corrected chi connectivity index (χ2v) is 9.43. The number of anilines is 1. The molecule has 8 heteroatoms. The van der Waals surface area contributed by atoms with E-state index in [2.05, 4.69) is 0 Å². The Hall–Kier alpha value is -2.09. The lowest BCUT2D eigenvalue weighted by atomic mass is 9.76. The highest BCUT2D eigenvalue weighted by atomic mass is 32.2. The highest BCUT2D eigenvalue weighted by Gasteiger charge is 2.48. The number of carbonyl (C=O) groups excluding carboxylic acids is 1. The van der Waals surface area contributed by atoms with E-state index in [0.29, 0.717) is 37.2 Å². The Morgan fingerprint density at radius 2 is 1.92 bits per heavy atom. The van der Waals surface area contributed by atoms with E-state index in [1.807, 2.05) is 13.8 Å². The summed E-state index contributed by atoms with van der Waals surface area (Å²) in [7, 11) is -3.33. The maximum Gasteiger partial charge on any atom is 0.311 e. The van der Waals surface area contributed by atoms with E-state index in [9.17, 15) is 23.1 Å². The van der Waals surface area contributed by atoms with Crippen LogP contribution in [0.2, 0.25) is 0 Å². The van der Waals surface area contributed by atoms with Crippen LogP contribution in [0.1, 0.15) is 36.2 Å². The SMILES string of the molecule is CC(C)C1(C(=O)O)CCN(C(=O)c2ccc3c(c2)CCN3S(C)(=O)=O)C1. The zero-order chi connectivity index (χ0) is 19.3. The van der Waals surface area contributed by atoms with Crippen LogP contribution in [0.5, 0.6) is 0 Å². The number of carbonyl (C=O) groups is 2. The van der Waals surface area contributed by atoms with Gasteiger partial charge in [-0.1, -0.05) is 13.8 Å². The van der Waals surface area contributed by atoms with Crippen LogP contribution in [-0.4, -0.2) is 56.2 Å². The van der Waals surface area contributed by atoms with Gasteiger partial charge in [0, 0.05) is 25.2 Å². The van der Waals surface area contributed by atoms with Crippen molar-refractivity contribution in [2.75, 3.05) is 30.2 Å². The lowest BCUT2D eigenvalue weighted by Crippen LogP contribution is -2.40. The maximum atomic E-state index is 12.9. The van der Waals surface area contributed by atoms with Gasteiger partial charge in [0.2, 0.25) is 10.0 Å². The highest BCUT2D eigenvalue weighted by molar-refractivity contribution is 7.92. The van der Waals surface area contributed by atoms with Gasteiger partial charge in [-0.05, 0) is 42.5 Å². The predicted molar refractivity (Wildman–Crippen MR) is 97.8 cm³/mol. The first-order chi connectivity index (χ1) is 12.1. The molecule has 7 nitrogen and oxygen atoms in total. The first-order valence-electron chi connectivity index (χ1n) is 8.69. The smallest absolute Gasteiger partial charge is 0.311 e. The zero-order valence-electron chi connectivity index (χ0n) is 15.2. The number of fused-ring (bicyclic) bond motifs is 1. The molecule has 2 heterocycles. The molecule has 1 aromatic carbocycles. The first-order valence-corrected chi connectivity index (χ1v) is 10.5. The molecule has 26 heavy (non-hydrogen) atoms. The minimum absolute atomic E-state index is 0.0684. The second-order valence-electron chi connectivity index (χ2n) is 7.52. The summed E-state index contributed by atoms with van der Waals surface area (Å²) in [6.45, 7) is 4.74. The number of hydrogen-bond donors (Lipinski definition) is 1. The molecule has 0 aromatic heterocycles. The molecule has 1 fully saturated rings. The van der Waals surface area contributed by atoms with Crippen molar-refractivity contribution in [1.82, 2.24) is 4.90 Å². The Kier molecular flexibility index (Phi) is 4.50. The van der Waals surface area contributed by atoms with Gasteiger partial charge < -0.3 is 10.0 Å². The van der Waals surface area contributed by atoms with Gasteiger partial charge >= 0.3 is 5.97 Å². The van der Waals surface area contributed by atoms with Crippen LogP contribution in [0, 0.1) is 11.3 Å². The van der Waals surface area contributed by atoms with Crippen molar-refractivity contribution in [1.29, 1.82) is 0 Å². The molecule has 0 saturated carbocycles. The van der Waals surface area contributed by atoms with Crippen LogP contribution in [0.25, 0.3) is 0 Å². The van der Waals surface area contributed by atoms with Crippen molar-refractivity contribution in [2.24, 2.45) is 11.3 Å². The number of benzene rings is 1. The summed E-state index contributed by atoms with van der Waals surface area (Å²) >= 11 is 0. The Labute approximate surface area is 153 Å². The molecule has 2 aliphatic heterocycles. The summed E-state index contributed by atoms with van der Waals surface area (Å²) in [4.78, 5) is 26.2. The standard InChI is InChI=1S/C18H24N2O5S/c1-12(2)18(17(22)23)7-9-19(11-18)16(21)14-4-5-15-13(10-14)6-8-20(15)26(3,24)25/h4-5,10,12H,6-9,11H2,1-3H3,(H,22,23). The minimum atomic E-state index is -3.33. The topological polar surface area (TPSA) is 95.0 Å². The fraction of sp³-hybridized carbons (Fsp3) is 0.556. The fourth-order valence-electron chi connectivity index (χ4n) is 3.93. The largest absolute Gasteiger partial charge is 0.481 e. The van der Waals surface area contributed by atoms with Crippen LogP contribution in [0.4, 0.5) is 5.69 Å². The molecule has 1 N–H and O–H groups in total. The number of amides is 1. The summed E-state index contributed by atoms with van der Waals surface area (Å²) in [5, 5.41) is 9.64. The maximum absolute atomic E-state index is 12.9. The van der Waals surface area contributed by atoms with Gasteiger partial charge in [-0.15, -0.1) is 0 Å². The molecule has 142 valence electrons. The van der Waals surface area contributed by atoms with Gasteiger partial charge in [0.25, 0.3) is 5.91 Å². The van der Waals surface area contributed by atoms with Crippen molar-refractivity contribution in [2.45, 2.75) is 26.7 Å². The Bertz CT molecular complexity index is 864. The number of nitrogens with zero attached hydrogens (tertiary/aromatic N) is 2. The van der Waals surface area contributed by atoms with Crippen molar-refractivity contribution in [3.8, 4) is 0 Å². The van der Waals surface area contributed by atoms with Gasteiger partial charge in [0.1, 0.15) is 0 Å². The summed E-state index contributed by atoms with van der Waals surface area (Å²) in [5.41, 5.74) is 1.02. The molecule has 1 unspecified atom stereocenters. The molecular formula is C18H24N2O5S. The average molecular weight is 380 g/mol. The molecule has 2 aliphatic rings. The van der Waals surface area contributed by atoms with E-state index in [4.69, 9.17) is 0 Å². The number of aliphatic carboxylic acids is 1. The number of carboxylic acid groups (broad SMARTS) is 1. The molecule has 0 radical (unpaired) electrons. The van der Waals surface area contributed by atoms with Crippen LogP contribution >= 0.6 is 0 Å². The second kappa shape index (κ2) is 6.26. The third-order valence-electron chi connectivity index (χ3n) is 5.70. The molecule has 0 spiro atoms. The zero-order valence-corrected chi connectivity index (χ0v) is 16.0. The molecule has 3 rings (SSSR count). The van der Waals surface area contributed by atoms with Crippen LogP contribution in [0.3, 0.4) is 0 Å². The number of hydrogen-bond acceptors (Lipinski definition) is 4. The molecule has 1 aromatic rings. The third kappa shape index (κ3) is 2.96. The van der Waals surface area contributed by atoms with Gasteiger partial charge in [-0.2, -0.15) is 0 Å². The summed E-state index contributed by atoms with van der Waals surface area (Å²) in [6, 6.07) is 5.03. The first kappa shape index (κ1) is 18.7. The van der Waals surface area contributed by atoms with Crippen LogP contribution in [0.15, 0.2) is 18.2 Å². The number of sulfonamides is 1. The lowest BCUT2D eigenvalue weighted by Gasteiger charge is -2.28. The quantitative estimate of drug-likeness (QED) is 0.856. The van der Waals surface area contributed by atoms with Gasteiger partial charge in [-0.25, -0.2) is 8.42 Å². The van der Waals surface area contributed by atoms with Crippen molar-refractivity contribution in [3.05, 3.63) is 29.3 Å². The molecular weight excluding hydrogens is 356 g/mol. The van der Waals surface area contributed by atoms with Crippen LogP contribution in [-0.2, 0) is 21.2 Å². The third-order valence-corrected chi connectivity index (χ3v) is 6.88. The summed E-state index contributed by atoms with van der Waals surface area (Å²) < 4.78 is 25.0. The summed E-state index contributed by atoms with van der Waals surface area (Å²) in [6.07, 6.45) is 2.18. The van der Waals surface area contributed by atoms with E-state index >= 15 is 0 Å². The number of rotatable bonds is 4. The number of likely N-dealkylation sites (tertiary alicyclic amines) is 1. The normalized spacial score (nSPS) is 22.8. The van der Waals surface area contributed by atoms with E-state index < -0.39 is 21.4 Å². The monoisotopic (exact) mass is 380 g/mol. The fourth-order valence-corrected chi connectivity index (χ4v) is 4.89. The van der Waals surface area contributed by atoms with E-state index in [-0.39, 0.29) is 18.4 Å². The van der Waals surface area contributed by atoms with Gasteiger partial charge in [0.05, 0.1) is 17.4 Å². The van der Waals surface area contributed by atoms with Crippen molar-refractivity contribution in [3.63, 3.8) is 0 Å². The van der Waals surface area contributed by atoms with E-state index in [1.165, 1.54) is 10.6 Å². The predicted octanol–water partition coefficient (Wildman–Crippen LogP) is 1.58. The van der Waals surface area contributed by atoms with Crippen LogP contribution < -0.4 is 4.31 Å². The molecule has 1 atom stereocenters. The highest BCUT2D eigenvalue weighted by Crippen LogP contribution is 2.39. The van der Waals surface area contributed by atoms with Crippen molar-refractivity contribution < 1.29 is 23.1 Å². The minimum Gasteiger partial charge on any atom is -0.481 e. The average Bonchev–Trinajstić information content (AvgIpc) is 3.18. The van der Waals surface area contributed by atoms with Crippen molar-refractivity contribution >= 4 is 27.6 Å². The molecule has 1 saturated heterocycles. The Morgan fingerprint density at radius 3 is 2.46 bits per heavy atom. The lowest BCUT2D eigenvalue weighted by molar-refractivity contribution is -0.150. The summed E-state index contributed by atoms with van der Waals surface area (Å²) in [5.74, 6) is -1.13. The Balaban J connectivity index is 1.84. The number of carboxylic acids is 1. The van der Waals surface area contributed by atoms with Gasteiger partial charge in [0.15, 0.2) is 0 Å². The Morgan fingerprint density at radius 1 is 1.23 bits per heavy atom. The molecule has 0 aliphatic carbocycles. The van der Waals surface area contributed by atoms with E-state index in [0.717, 1.165) is 5.56 Å². The van der Waals surface area contributed by atoms with E-state index in [1.54, 1.807) is 23.1 Å². The van der Waals surface area contributed by atoms with Gasteiger partial charge in [-0.3, -0.25) is 13.9 Å².